The quantitative estimate of drug-likeness (QED) is 0.576. The molecule has 0 aromatic carbocycles. The van der Waals surface area contributed by atoms with E-state index in [0.717, 1.165) is 51.6 Å². The third-order valence-electron chi connectivity index (χ3n) is 4.34. The second-order valence-corrected chi connectivity index (χ2v) is 6.05. The van der Waals surface area contributed by atoms with Gasteiger partial charge in [0.25, 0.3) is 0 Å². The van der Waals surface area contributed by atoms with Crippen molar-refractivity contribution in [2.45, 2.75) is 32.6 Å². The van der Waals surface area contributed by atoms with Gasteiger partial charge in [-0.3, -0.25) is 9.79 Å². The Morgan fingerprint density at radius 3 is 2.86 bits per heavy atom. The molecular formula is C15H28N4O2. The Morgan fingerprint density at radius 1 is 1.33 bits per heavy atom. The lowest BCUT2D eigenvalue weighted by atomic mass is 9.87. The van der Waals surface area contributed by atoms with E-state index in [9.17, 15) is 4.79 Å². The van der Waals surface area contributed by atoms with Gasteiger partial charge in [-0.2, -0.15) is 0 Å². The van der Waals surface area contributed by atoms with Crippen LogP contribution in [0.5, 0.6) is 0 Å². The van der Waals surface area contributed by atoms with Crippen molar-refractivity contribution in [1.29, 1.82) is 0 Å². The Kier molecular flexibility index (Phi) is 5.85. The van der Waals surface area contributed by atoms with E-state index in [0.29, 0.717) is 18.4 Å². The molecule has 2 N–H and O–H groups in total. The monoisotopic (exact) mass is 296 g/mol. The summed E-state index contributed by atoms with van der Waals surface area (Å²) in [5.74, 6) is 1.00. The number of carbonyl (C=O) groups excluding carboxylic acids is 1. The average Bonchev–Trinajstić information content (AvgIpc) is 3.12. The van der Waals surface area contributed by atoms with Gasteiger partial charge in [-0.15, -0.1) is 0 Å². The predicted octanol–water partition coefficient (Wildman–Crippen LogP) is 0.591. The summed E-state index contributed by atoms with van der Waals surface area (Å²) in [6, 6.07) is 0. The number of amides is 1. The molecule has 21 heavy (non-hydrogen) atoms. The third-order valence-corrected chi connectivity index (χ3v) is 4.34. The standard InChI is InChI=1S/C15H28N4O2/c1-3-7-17-13(20)4-8-18-14(16-2)19-9-5-15(11-19)6-10-21-12-15/h3-12H2,1-2H3,(H,16,18)(H,17,20). The van der Waals surface area contributed by atoms with Gasteiger partial charge in [-0.25, -0.2) is 0 Å². The fourth-order valence-electron chi connectivity index (χ4n) is 3.06. The summed E-state index contributed by atoms with van der Waals surface area (Å²) in [7, 11) is 1.80. The minimum Gasteiger partial charge on any atom is -0.381 e. The molecule has 6 heteroatoms. The molecule has 0 bridgehead atoms. The summed E-state index contributed by atoms with van der Waals surface area (Å²) in [5.41, 5.74) is 0.329. The summed E-state index contributed by atoms with van der Waals surface area (Å²) in [5, 5.41) is 6.18. The molecule has 0 aromatic heterocycles. The highest BCUT2D eigenvalue weighted by atomic mass is 16.5. The van der Waals surface area contributed by atoms with Gasteiger partial charge in [0, 0.05) is 51.7 Å². The van der Waals surface area contributed by atoms with Gasteiger partial charge in [-0.1, -0.05) is 6.92 Å². The summed E-state index contributed by atoms with van der Waals surface area (Å²) >= 11 is 0. The number of carbonyl (C=O) groups is 1. The summed E-state index contributed by atoms with van der Waals surface area (Å²) in [4.78, 5) is 18.2. The smallest absolute Gasteiger partial charge is 0.221 e. The van der Waals surface area contributed by atoms with Gasteiger partial charge in [0.2, 0.25) is 5.91 Å². The summed E-state index contributed by atoms with van der Waals surface area (Å²) < 4.78 is 5.55. The minimum atomic E-state index is 0.0990. The van der Waals surface area contributed by atoms with Crippen LogP contribution in [0.1, 0.15) is 32.6 Å². The van der Waals surface area contributed by atoms with Crippen molar-refractivity contribution in [1.82, 2.24) is 15.5 Å². The van der Waals surface area contributed by atoms with Gasteiger partial charge in [0.1, 0.15) is 0 Å². The first kappa shape index (κ1) is 16.1. The number of rotatable bonds is 5. The number of ether oxygens (including phenoxy) is 1. The molecule has 1 amide bonds. The van der Waals surface area contributed by atoms with Crippen molar-refractivity contribution < 1.29 is 9.53 Å². The van der Waals surface area contributed by atoms with Crippen molar-refractivity contribution in [3.05, 3.63) is 0 Å². The van der Waals surface area contributed by atoms with Gasteiger partial charge in [0.15, 0.2) is 5.96 Å². The van der Waals surface area contributed by atoms with E-state index in [1.165, 1.54) is 6.42 Å². The van der Waals surface area contributed by atoms with Gasteiger partial charge < -0.3 is 20.3 Å². The van der Waals surface area contributed by atoms with Crippen LogP contribution < -0.4 is 10.6 Å². The van der Waals surface area contributed by atoms with E-state index in [2.05, 4.69) is 27.4 Å². The van der Waals surface area contributed by atoms with Gasteiger partial charge in [0.05, 0.1) is 6.61 Å². The normalized spacial score (nSPS) is 25.6. The molecule has 0 aromatic rings. The lowest BCUT2D eigenvalue weighted by molar-refractivity contribution is -0.120. The third kappa shape index (κ3) is 4.33. The molecule has 6 nitrogen and oxygen atoms in total. The average molecular weight is 296 g/mol. The second kappa shape index (κ2) is 7.64. The zero-order chi connectivity index (χ0) is 15.1. The fourth-order valence-corrected chi connectivity index (χ4v) is 3.06. The molecule has 2 rings (SSSR count). The molecule has 1 spiro atoms. The maximum atomic E-state index is 11.6. The van der Waals surface area contributed by atoms with E-state index in [-0.39, 0.29) is 5.91 Å². The first-order valence-electron chi connectivity index (χ1n) is 7.99. The Balaban J connectivity index is 1.73. The van der Waals surface area contributed by atoms with Crippen LogP contribution in [0.2, 0.25) is 0 Å². The molecule has 2 aliphatic rings. The molecule has 120 valence electrons. The Hall–Kier alpha value is -1.30. The van der Waals surface area contributed by atoms with Crippen LogP contribution in [0.4, 0.5) is 0 Å². The van der Waals surface area contributed by atoms with E-state index >= 15 is 0 Å². The van der Waals surface area contributed by atoms with Crippen molar-refractivity contribution in [3.63, 3.8) is 0 Å². The van der Waals surface area contributed by atoms with Crippen LogP contribution in [0.25, 0.3) is 0 Å². The molecule has 2 fully saturated rings. The van der Waals surface area contributed by atoms with E-state index in [4.69, 9.17) is 4.74 Å². The molecule has 2 saturated heterocycles. The van der Waals surface area contributed by atoms with Gasteiger partial charge >= 0.3 is 0 Å². The largest absolute Gasteiger partial charge is 0.381 e. The van der Waals surface area contributed by atoms with Crippen LogP contribution in [0.15, 0.2) is 4.99 Å². The maximum Gasteiger partial charge on any atom is 0.221 e. The van der Waals surface area contributed by atoms with Crippen molar-refractivity contribution in [2.24, 2.45) is 10.4 Å². The Morgan fingerprint density at radius 2 is 2.19 bits per heavy atom. The van der Waals surface area contributed by atoms with E-state index in [1.807, 2.05) is 0 Å². The van der Waals surface area contributed by atoms with Crippen LogP contribution >= 0.6 is 0 Å². The minimum absolute atomic E-state index is 0.0990. The second-order valence-electron chi connectivity index (χ2n) is 6.05. The van der Waals surface area contributed by atoms with Crippen LogP contribution in [-0.4, -0.2) is 63.2 Å². The molecule has 2 heterocycles. The van der Waals surface area contributed by atoms with Crippen LogP contribution in [-0.2, 0) is 9.53 Å². The van der Waals surface area contributed by atoms with Crippen LogP contribution in [0.3, 0.4) is 0 Å². The maximum absolute atomic E-state index is 11.6. The highest BCUT2D eigenvalue weighted by molar-refractivity contribution is 5.81. The van der Waals surface area contributed by atoms with Crippen LogP contribution in [0, 0.1) is 5.41 Å². The number of nitrogens with one attached hydrogen (secondary N) is 2. The molecular weight excluding hydrogens is 268 g/mol. The fraction of sp³-hybridized carbons (Fsp3) is 0.867. The number of hydrogen-bond donors (Lipinski definition) is 2. The van der Waals surface area contributed by atoms with Crippen molar-refractivity contribution >= 4 is 11.9 Å². The molecule has 0 radical (unpaired) electrons. The highest BCUT2D eigenvalue weighted by Gasteiger charge is 2.42. The zero-order valence-corrected chi connectivity index (χ0v) is 13.3. The molecule has 2 aliphatic heterocycles. The number of aliphatic imine (C=N–C) groups is 1. The first-order chi connectivity index (χ1) is 10.2. The number of hydrogen-bond acceptors (Lipinski definition) is 3. The summed E-state index contributed by atoms with van der Waals surface area (Å²) in [6.07, 6.45) is 3.78. The lowest BCUT2D eigenvalue weighted by Crippen LogP contribution is -2.42. The Labute approximate surface area is 127 Å². The van der Waals surface area contributed by atoms with E-state index < -0.39 is 0 Å². The van der Waals surface area contributed by atoms with Crippen molar-refractivity contribution in [3.8, 4) is 0 Å². The Bertz CT molecular complexity index is 378. The molecule has 0 aliphatic carbocycles. The number of nitrogens with zero attached hydrogens (tertiary/aromatic N) is 2. The molecule has 0 saturated carbocycles. The van der Waals surface area contributed by atoms with Crippen molar-refractivity contribution in [2.75, 3.05) is 46.4 Å². The van der Waals surface area contributed by atoms with E-state index in [1.54, 1.807) is 7.05 Å². The number of likely N-dealkylation sites (tertiary alicyclic amines) is 1. The number of guanidine groups is 1. The summed E-state index contributed by atoms with van der Waals surface area (Å²) in [6.45, 7) is 7.22. The first-order valence-corrected chi connectivity index (χ1v) is 7.99. The topological polar surface area (TPSA) is 66.0 Å². The zero-order valence-electron chi connectivity index (χ0n) is 13.3. The lowest BCUT2D eigenvalue weighted by Gasteiger charge is -2.24. The SMILES string of the molecule is CCCNC(=O)CCNC(=NC)N1CCC2(CCOC2)C1. The van der Waals surface area contributed by atoms with Gasteiger partial charge in [-0.05, 0) is 19.3 Å². The predicted molar refractivity (Wildman–Crippen MR) is 83.3 cm³/mol. The highest BCUT2D eigenvalue weighted by Crippen LogP contribution is 2.38. The molecule has 1 unspecified atom stereocenters. The molecule has 1 atom stereocenters.